The highest BCUT2D eigenvalue weighted by Crippen LogP contribution is 2.25. The monoisotopic (exact) mass is 579 g/mol. The van der Waals surface area contributed by atoms with Crippen LogP contribution in [-0.4, -0.2) is 52.4 Å². The molecule has 1 aliphatic rings. The van der Waals surface area contributed by atoms with Gasteiger partial charge in [0.15, 0.2) is 0 Å². The minimum atomic E-state index is -0.120. The Kier molecular flexibility index (Phi) is 10.0. The van der Waals surface area contributed by atoms with Gasteiger partial charge in [0.05, 0.1) is 13.7 Å². The predicted octanol–water partition coefficient (Wildman–Crippen LogP) is 6.52. The van der Waals surface area contributed by atoms with Crippen LogP contribution in [0.1, 0.15) is 67.1 Å². The molecular formula is C31H38BrN3O3. The summed E-state index contributed by atoms with van der Waals surface area (Å²) < 4.78 is 8.51. The molecule has 6 nitrogen and oxygen atoms in total. The van der Waals surface area contributed by atoms with Crippen molar-refractivity contribution in [3.8, 4) is 5.75 Å². The maximum atomic E-state index is 13.9. The third-order valence-electron chi connectivity index (χ3n) is 7.30. The zero-order chi connectivity index (χ0) is 26.9. The molecule has 1 heterocycles. The van der Waals surface area contributed by atoms with Gasteiger partial charge in [-0.3, -0.25) is 9.59 Å². The van der Waals surface area contributed by atoms with Gasteiger partial charge in [0.1, 0.15) is 12.3 Å². The fraction of sp³-hybridized carbons (Fsp3) is 0.419. The molecular weight excluding hydrogens is 542 g/mol. The summed E-state index contributed by atoms with van der Waals surface area (Å²) in [5.74, 6) is 0.600. The number of halogens is 1. The summed E-state index contributed by atoms with van der Waals surface area (Å²) in [6, 6.07) is 19.8. The summed E-state index contributed by atoms with van der Waals surface area (Å²) in [6.07, 6.45) is 8.39. The van der Waals surface area contributed by atoms with Gasteiger partial charge in [0, 0.05) is 41.1 Å². The lowest BCUT2D eigenvalue weighted by molar-refractivity contribution is -0.135. The van der Waals surface area contributed by atoms with Gasteiger partial charge in [-0.15, -0.1) is 0 Å². The number of amides is 2. The minimum Gasteiger partial charge on any atom is -0.497 e. The van der Waals surface area contributed by atoms with Crippen LogP contribution in [-0.2, 0) is 17.9 Å². The molecule has 3 aromatic rings. The zero-order valence-corrected chi connectivity index (χ0v) is 24.0. The molecule has 1 fully saturated rings. The molecule has 0 spiro atoms. The topological polar surface area (TPSA) is 54.8 Å². The molecule has 202 valence electrons. The molecule has 0 unspecified atom stereocenters. The van der Waals surface area contributed by atoms with Gasteiger partial charge in [-0.05, 0) is 73.4 Å². The second-order valence-electron chi connectivity index (χ2n) is 10.0. The summed E-state index contributed by atoms with van der Waals surface area (Å²) in [6.45, 7) is 3.95. The highest BCUT2D eigenvalue weighted by Gasteiger charge is 2.29. The maximum absolute atomic E-state index is 13.9. The van der Waals surface area contributed by atoms with Crippen LogP contribution in [0.25, 0.3) is 0 Å². The summed E-state index contributed by atoms with van der Waals surface area (Å²) in [4.78, 5) is 31.0. The van der Waals surface area contributed by atoms with Crippen LogP contribution >= 0.6 is 15.9 Å². The van der Waals surface area contributed by atoms with Crippen LogP contribution in [0.5, 0.6) is 5.75 Å². The maximum Gasteiger partial charge on any atom is 0.254 e. The Labute approximate surface area is 234 Å². The Morgan fingerprint density at radius 2 is 1.71 bits per heavy atom. The van der Waals surface area contributed by atoms with E-state index in [0.717, 1.165) is 48.8 Å². The van der Waals surface area contributed by atoms with Crippen molar-refractivity contribution in [3.05, 3.63) is 88.2 Å². The van der Waals surface area contributed by atoms with Crippen LogP contribution in [0.2, 0.25) is 0 Å². The number of nitrogens with zero attached hydrogens (tertiary/aromatic N) is 3. The van der Waals surface area contributed by atoms with Crippen molar-refractivity contribution in [2.45, 2.75) is 64.6 Å². The van der Waals surface area contributed by atoms with Crippen molar-refractivity contribution in [3.63, 3.8) is 0 Å². The van der Waals surface area contributed by atoms with Crippen LogP contribution in [0.15, 0.2) is 71.3 Å². The van der Waals surface area contributed by atoms with Crippen molar-refractivity contribution in [2.24, 2.45) is 0 Å². The fourth-order valence-corrected chi connectivity index (χ4v) is 5.48. The molecule has 0 aliphatic heterocycles. The van der Waals surface area contributed by atoms with Gasteiger partial charge < -0.3 is 19.1 Å². The summed E-state index contributed by atoms with van der Waals surface area (Å²) in [7, 11) is 1.61. The van der Waals surface area contributed by atoms with E-state index < -0.39 is 0 Å². The quantitative estimate of drug-likeness (QED) is 0.260. The van der Waals surface area contributed by atoms with Crippen molar-refractivity contribution in [2.75, 3.05) is 20.2 Å². The molecule has 1 saturated carbocycles. The molecule has 0 N–H and O–H groups in total. The van der Waals surface area contributed by atoms with Gasteiger partial charge in [0.25, 0.3) is 5.91 Å². The molecule has 2 amide bonds. The lowest BCUT2D eigenvalue weighted by Gasteiger charge is -2.36. The van der Waals surface area contributed by atoms with E-state index in [0.29, 0.717) is 24.4 Å². The second-order valence-corrected chi connectivity index (χ2v) is 10.9. The van der Waals surface area contributed by atoms with E-state index in [9.17, 15) is 9.59 Å². The number of rotatable bonds is 11. The smallest absolute Gasteiger partial charge is 0.254 e. The average Bonchev–Trinajstić information content (AvgIpc) is 3.39. The van der Waals surface area contributed by atoms with Gasteiger partial charge in [-0.25, -0.2) is 0 Å². The van der Waals surface area contributed by atoms with E-state index in [4.69, 9.17) is 4.74 Å². The Morgan fingerprint density at radius 1 is 1.00 bits per heavy atom. The number of hydrogen-bond acceptors (Lipinski definition) is 3. The zero-order valence-electron chi connectivity index (χ0n) is 22.4. The first-order valence-electron chi connectivity index (χ1n) is 13.6. The van der Waals surface area contributed by atoms with Crippen LogP contribution in [0.3, 0.4) is 0 Å². The number of hydrogen-bond donors (Lipinski definition) is 0. The molecule has 0 atom stereocenters. The van der Waals surface area contributed by atoms with Crippen LogP contribution < -0.4 is 4.74 Å². The number of carbonyl (C=O) groups excluding carboxylic acids is 2. The third kappa shape index (κ3) is 7.28. The lowest BCUT2D eigenvalue weighted by atomic mass is 9.94. The van der Waals surface area contributed by atoms with E-state index in [-0.39, 0.29) is 24.4 Å². The first kappa shape index (κ1) is 28.0. The van der Waals surface area contributed by atoms with Crippen LogP contribution in [0.4, 0.5) is 0 Å². The third-order valence-corrected chi connectivity index (χ3v) is 7.83. The first-order valence-corrected chi connectivity index (χ1v) is 14.4. The van der Waals surface area contributed by atoms with Crippen molar-refractivity contribution in [1.82, 2.24) is 14.4 Å². The Morgan fingerprint density at radius 3 is 2.37 bits per heavy atom. The van der Waals surface area contributed by atoms with Crippen molar-refractivity contribution < 1.29 is 14.3 Å². The van der Waals surface area contributed by atoms with E-state index >= 15 is 0 Å². The predicted molar refractivity (Wildman–Crippen MR) is 154 cm³/mol. The minimum absolute atomic E-state index is 0.0172. The Balaban J connectivity index is 1.52. The summed E-state index contributed by atoms with van der Waals surface area (Å²) in [5.41, 5.74) is 2.88. The first-order chi connectivity index (χ1) is 18.5. The number of aromatic nitrogens is 1. The van der Waals surface area contributed by atoms with E-state index in [1.165, 1.54) is 12.0 Å². The lowest BCUT2D eigenvalue weighted by Crippen LogP contribution is -2.47. The summed E-state index contributed by atoms with van der Waals surface area (Å²) >= 11 is 3.51. The van der Waals surface area contributed by atoms with Crippen molar-refractivity contribution in [1.29, 1.82) is 0 Å². The largest absolute Gasteiger partial charge is 0.497 e. The van der Waals surface area contributed by atoms with E-state index in [2.05, 4.69) is 57.0 Å². The normalized spacial score (nSPS) is 13.8. The number of ether oxygens (including phenoxy) is 1. The number of methoxy groups -OCH3 is 1. The van der Waals surface area contributed by atoms with Gasteiger partial charge >= 0.3 is 0 Å². The molecule has 1 aromatic heterocycles. The Hall–Kier alpha value is -3.06. The Bertz CT molecular complexity index is 1180. The molecule has 1 aliphatic carbocycles. The molecule has 0 radical (unpaired) electrons. The van der Waals surface area contributed by atoms with E-state index in [1.54, 1.807) is 36.3 Å². The number of carbonyl (C=O) groups is 2. The highest BCUT2D eigenvalue weighted by molar-refractivity contribution is 9.10. The number of benzene rings is 2. The molecule has 38 heavy (non-hydrogen) atoms. The fourth-order valence-electron chi connectivity index (χ4n) is 5.21. The SMILES string of the molecule is CCCN(CC(=O)N(Cc1cccn1Cc1ccc(Br)cc1)C1CCCCC1)C(=O)c1ccc(OC)cc1. The highest BCUT2D eigenvalue weighted by atomic mass is 79.9. The van der Waals surface area contributed by atoms with E-state index in [1.807, 2.05) is 17.9 Å². The average molecular weight is 581 g/mol. The molecule has 4 rings (SSSR count). The molecule has 0 saturated heterocycles. The second kappa shape index (κ2) is 13.7. The standard InChI is InChI=1S/C31H38BrN3O3/c1-3-19-34(31(37)25-13-17-29(38-2)18-14-25)23-30(36)35(27-8-5-4-6-9-27)22-28-10-7-20-33(28)21-24-11-15-26(32)16-12-24/h7,10-18,20,27H,3-6,8-9,19,21-23H2,1-2H3. The van der Waals surface area contributed by atoms with Crippen molar-refractivity contribution >= 4 is 27.7 Å². The van der Waals surface area contributed by atoms with Gasteiger partial charge in [0.2, 0.25) is 5.91 Å². The van der Waals surface area contributed by atoms with Gasteiger partial charge in [-0.1, -0.05) is 54.2 Å². The van der Waals surface area contributed by atoms with Gasteiger partial charge in [-0.2, -0.15) is 0 Å². The summed E-state index contributed by atoms with van der Waals surface area (Å²) in [5, 5.41) is 0. The molecule has 7 heteroatoms. The molecule has 0 bridgehead atoms. The molecule has 2 aromatic carbocycles. The van der Waals surface area contributed by atoms with Crippen LogP contribution in [0, 0.1) is 0 Å².